The van der Waals surface area contributed by atoms with Crippen LogP contribution in [0.4, 0.5) is 5.69 Å². The summed E-state index contributed by atoms with van der Waals surface area (Å²) in [6.07, 6.45) is -0.264. The first-order valence-corrected chi connectivity index (χ1v) is 7.57. The highest BCUT2D eigenvalue weighted by atomic mass is 16.3. The van der Waals surface area contributed by atoms with Crippen molar-refractivity contribution in [1.29, 1.82) is 0 Å². The Kier molecular flexibility index (Phi) is 3.57. The molecule has 0 spiro atoms. The molecule has 0 bridgehead atoms. The van der Waals surface area contributed by atoms with Crippen LogP contribution in [0.2, 0.25) is 0 Å². The van der Waals surface area contributed by atoms with Crippen molar-refractivity contribution in [3.8, 4) is 0 Å². The number of rotatable bonds is 3. The Morgan fingerprint density at radius 2 is 1.74 bits per heavy atom. The molecule has 118 valence electrons. The van der Waals surface area contributed by atoms with E-state index < -0.39 is 11.5 Å². The largest absolute Gasteiger partial charge is 0.375 e. The van der Waals surface area contributed by atoms with Crippen LogP contribution >= 0.6 is 0 Å². The smallest absolute Gasteiger partial charge is 0.261 e. The van der Waals surface area contributed by atoms with E-state index in [0.29, 0.717) is 16.8 Å². The van der Waals surface area contributed by atoms with Gasteiger partial charge in [-0.1, -0.05) is 35.4 Å². The molecule has 4 nitrogen and oxygen atoms in total. The van der Waals surface area contributed by atoms with Crippen LogP contribution in [-0.2, 0) is 10.4 Å². The molecular formula is C19H19NO3. The lowest BCUT2D eigenvalue weighted by Gasteiger charge is -2.21. The van der Waals surface area contributed by atoms with Crippen molar-refractivity contribution in [1.82, 2.24) is 0 Å². The van der Waals surface area contributed by atoms with Crippen molar-refractivity contribution < 1.29 is 14.7 Å². The molecule has 1 aliphatic rings. The molecule has 0 aliphatic carbocycles. The molecule has 0 saturated carbocycles. The van der Waals surface area contributed by atoms with Gasteiger partial charge >= 0.3 is 0 Å². The lowest BCUT2D eigenvalue weighted by molar-refractivity contribution is -0.133. The summed E-state index contributed by atoms with van der Waals surface area (Å²) in [6, 6.07) is 11.0. The second-order valence-electron chi connectivity index (χ2n) is 6.28. The maximum atomic E-state index is 12.7. The third-order valence-corrected chi connectivity index (χ3v) is 4.35. The van der Waals surface area contributed by atoms with Gasteiger partial charge in [-0.05, 0) is 38.5 Å². The molecule has 0 radical (unpaired) electrons. The summed E-state index contributed by atoms with van der Waals surface area (Å²) in [5.41, 5.74) is 2.52. The zero-order valence-electron chi connectivity index (χ0n) is 13.4. The van der Waals surface area contributed by atoms with E-state index in [0.717, 1.165) is 16.7 Å². The van der Waals surface area contributed by atoms with Gasteiger partial charge in [0.05, 0.1) is 6.42 Å². The number of carbonyl (C=O) groups excluding carboxylic acids is 2. The number of nitrogens with one attached hydrogen (secondary N) is 1. The standard InChI is InChI=1S/C19H19NO3/c1-11-4-6-13(3)14(8-11)17(21)10-19(23)15-9-12(2)5-7-16(15)20-18(19)22/h4-9,23H,10H2,1-3H3,(H,20,22)/t19-/m1/s1. The highest BCUT2D eigenvalue weighted by Gasteiger charge is 2.46. The number of ketones is 1. The highest BCUT2D eigenvalue weighted by Crippen LogP contribution is 2.39. The molecule has 0 unspecified atom stereocenters. The van der Waals surface area contributed by atoms with Crippen LogP contribution in [0.3, 0.4) is 0 Å². The van der Waals surface area contributed by atoms with E-state index in [1.54, 1.807) is 18.2 Å². The van der Waals surface area contributed by atoms with Gasteiger partial charge < -0.3 is 10.4 Å². The van der Waals surface area contributed by atoms with Gasteiger partial charge in [0.15, 0.2) is 11.4 Å². The van der Waals surface area contributed by atoms with E-state index in [1.165, 1.54) is 0 Å². The van der Waals surface area contributed by atoms with Crippen LogP contribution in [0.5, 0.6) is 0 Å². The fourth-order valence-electron chi connectivity index (χ4n) is 3.00. The number of anilines is 1. The quantitative estimate of drug-likeness (QED) is 0.857. The average Bonchev–Trinajstić information content (AvgIpc) is 2.73. The summed E-state index contributed by atoms with van der Waals surface area (Å²) in [5, 5.41) is 13.6. The van der Waals surface area contributed by atoms with Crippen LogP contribution < -0.4 is 5.32 Å². The lowest BCUT2D eigenvalue weighted by atomic mass is 9.86. The maximum absolute atomic E-state index is 12.7. The molecule has 3 rings (SSSR count). The zero-order valence-corrected chi connectivity index (χ0v) is 13.4. The third-order valence-electron chi connectivity index (χ3n) is 4.35. The molecule has 2 N–H and O–H groups in total. The van der Waals surface area contributed by atoms with Gasteiger partial charge in [-0.15, -0.1) is 0 Å². The Morgan fingerprint density at radius 1 is 1.09 bits per heavy atom. The van der Waals surface area contributed by atoms with Gasteiger partial charge in [-0.2, -0.15) is 0 Å². The topological polar surface area (TPSA) is 66.4 Å². The predicted octanol–water partition coefficient (Wildman–Crippen LogP) is 3.02. The minimum absolute atomic E-state index is 0.238. The Labute approximate surface area is 135 Å². The van der Waals surface area contributed by atoms with E-state index in [9.17, 15) is 14.7 Å². The van der Waals surface area contributed by atoms with Gasteiger partial charge in [0.2, 0.25) is 0 Å². The van der Waals surface area contributed by atoms with Crippen LogP contribution in [0, 0.1) is 20.8 Å². The van der Waals surface area contributed by atoms with Gasteiger partial charge in [-0.25, -0.2) is 0 Å². The Hall–Kier alpha value is -2.46. The first-order valence-electron chi connectivity index (χ1n) is 7.57. The van der Waals surface area contributed by atoms with Gasteiger partial charge in [0.1, 0.15) is 0 Å². The van der Waals surface area contributed by atoms with E-state index in [4.69, 9.17) is 0 Å². The Morgan fingerprint density at radius 3 is 2.48 bits per heavy atom. The number of carbonyl (C=O) groups is 2. The molecule has 1 aliphatic heterocycles. The van der Waals surface area contributed by atoms with Gasteiger partial charge in [0, 0.05) is 16.8 Å². The number of hydrogen-bond donors (Lipinski definition) is 2. The van der Waals surface area contributed by atoms with Crippen molar-refractivity contribution >= 4 is 17.4 Å². The summed E-state index contributed by atoms with van der Waals surface area (Å²) in [7, 11) is 0. The van der Waals surface area contributed by atoms with E-state index >= 15 is 0 Å². The van der Waals surface area contributed by atoms with Crippen molar-refractivity contribution in [2.75, 3.05) is 5.32 Å². The fraction of sp³-hybridized carbons (Fsp3) is 0.263. The minimum atomic E-state index is -1.81. The molecule has 0 aromatic heterocycles. The predicted molar refractivity (Wildman–Crippen MR) is 88.6 cm³/mol. The third kappa shape index (κ3) is 2.55. The molecule has 23 heavy (non-hydrogen) atoms. The van der Waals surface area contributed by atoms with E-state index in [-0.39, 0.29) is 12.2 Å². The number of aryl methyl sites for hydroxylation is 3. The van der Waals surface area contributed by atoms with Gasteiger partial charge in [-0.3, -0.25) is 9.59 Å². The van der Waals surface area contributed by atoms with Crippen molar-refractivity contribution in [3.63, 3.8) is 0 Å². The summed E-state index contributed by atoms with van der Waals surface area (Å²) in [4.78, 5) is 24.9. The van der Waals surface area contributed by atoms with Crippen molar-refractivity contribution in [2.45, 2.75) is 32.8 Å². The molecular weight excluding hydrogens is 290 g/mol. The number of Topliss-reactive ketones (excluding diaryl/α,β-unsaturated/α-hetero) is 1. The average molecular weight is 309 g/mol. The summed E-state index contributed by atoms with van der Waals surface area (Å²) in [6.45, 7) is 5.64. The molecule has 1 amide bonds. The number of aliphatic hydroxyl groups is 1. The molecule has 4 heteroatoms. The minimum Gasteiger partial charge on any atom is -0.375 e. The second-order valence-corrected chi connectivity index (χ2v) is 6.28. The normalized spacial score (nSPS) is 19.4. The molecule has 1 heterocycles. The Bertz CT molecular complexity index is 825. The van der Waals surface area contributed by atoms with Crippen LogP contribution in [0.1, 0.15) is 39.0 Å². The second kappa shape index (κ2) is 5.32. The van der Waals surface area contributed by atoms with Crippen LogP contribution in [0.15, 0.2) is 36.4 Å². The number of amides is 1. The van der Waals surface area contributed by atoms with Gasteiger partial charge in [0.25, 0.3) is 5.91 Å². The monoisotopic (exact) mass is 309 g/mol. The van der Waals surface area contributed by atoms with E-state index in [1.807, 2.05) is 39.0 Å². The number of benzene rings is 2. The zero-order chi connectivity index (χ0) is 16.8. The maximum Gasteiger partial charge on any atom is 0.261 e. The van der Waals surface area contributed by atoms with Crippen LogP contribution in [0.25, 0.3) is 0 Å². The first kappa shape index (κ1) is 15.4. The summed E-state index contributed by atoms with van der Waals surface area (Å²) < 4.78 is 0. The highest BCUT2D eigenvalue weighted by molar-refractivity contribution is 6.09. The van der Waals surface area contributed by atoms with Crippen LogP contribution in [-0.4, -0.2) is 16.8 Å². The lowest BCUT2D eigenvalue weighted by Crippen LogP contribution is -2.36. The SMILES string of the molecule is Cc1ccc(C)c(C(=O)C[C@]2(O)C(=O)Nc3ccc(C)cc32)c1. The number of hydrogen-bond acceptors (Lipinski definition) is 3. The molecule has 2 aromatic rings. The molecule has 2 aromatic carbocycles. The number of fused-ring (bicyclic) bond motifs is 1. The first-order chi connectivity index (χ1) is 10.8. The summed E-state index contributed by atoms with van der Waals surface area (Å²) >= 11 is 0. The molecule has 1 atom stereocenters. The fourth-order valence-corrected chi connectivity index (χ4v) is 3.00. The van der Waals surface area contributed by atoms with Crippen molar-refractivity contribution in [2.24, 2.45) is 0 Å². The Balaban J connectivity index is 1.99. The molecule has 0 saturated heterocycles. The molecule has 0 fully saturated rings. The van der Waals surface area contributed by atoms with E-state index in [2.05, 4.69) is 5.32 Å². The summed E-state index contributed by atoms with van der Waals surface area (Å²) in [5.74, 6) is -0.782. The van der Waals surface area contributed by atoms with Crippen molar-refractivity contribution in [3.05, 3.63) is 64.2 Å².